The molecule has 5 nitrogen and oxygen atoms in total. The van der Waals surface area contributed by atoms with Gasteiger partial charge in [0.2, 0.25) is 0 Å². The number of hydrogen-bond acceptors (Lipinski definition) is 5. The van der Waals surface area contributed by atoms with Crippen molar-refractivity contribution in [3.63, 3.8) is 0 Å². The first-order valence-electron chi connectivity index (χ1n) is 24.0. The summed E-state index contributed by atoms with van der Waals surface area (Å²) < 4.78 is 0. The fraction of sp³-hybridized carbons (Fsp3) is 0.774. The zero-order valence-electron chi connectivity index (χ0n) is 39.0. The average Bonchev–Trinajstić information content (AvgIpc) is 3.71. The van der Waals surface area contributed by atoms with Crippen LogP contribution in [0.1, 0.15) is 177 Å². The lowest BCUT2D eigenvalue weighted by Crippen LogP contribution is -2.36. The Kier molecular flexibility index (Phi) is 21.1. The molecule has 0 radical (unpaired) electrons. The van der Waals surface area contributed by atoms with Gasteiger partial charge in [0.05, 0.1) is 30.5 Å². The van der Waals surface area contributed by atoms with Crippen molar-refractivity contribution in [1.82, 2.24) is 0 Å². The van der Waals surface area contributed by atoms with E-state index >= 15 is 0 Å². The summed E-state index contributed by atoms with van der Waals surface area (Å²) in [5.41, 5.74) is 7.49. The SMILES string of the molecule is C=C1[C@H](O)CC(=C/C=C2\CCC[C@]3(C)[C@@H]([C@@H](C)CCCC(C)C)CC[C@@H]23)C[C@H]1O.C=C1[C@H](O)CC(=C/C=C2\CCC[C@]3(C)[C@@H]([C@H](C)CCCC(C)O)CC[C@@H]23)C[C@H]1O.S.S. The minimum Gasteiger partial charge on any atom is -0.393 e. The molecule has 1 unspecified atom stereocenters. The first-order chi connectivity index (χ1) is 27.4. The van der Waals surface area contributed by atoms with Gasteiger partial charge in [0.15, 0.2) is 0 Å². The fourth-order valence-electron chi connectivity index (χ4n) is 13.3. The predicted octanol–water partition coefficient (Wildman–Crippen LogP) is 12.1. The zero-order valence-corrected chi connectivity index (χ0v) is 41.0. The Balaban J connectivity index is 0.000000310. The highest BCUT2D eigenvalue weighted by atomic mass is 32.1. The molecule has 6 saturated carbocycles. The van der Waals surface area contributed by atoms with Crippen molar-refractivity contribution in [1.29, 1.82) is 0 Å². The van der Waals surface area contributed by atoms with E-state index in [2.05, 4.69) is 79.0 Å². The monoisotopic (exact) mass is 871 g/mol. The quantitative estimate of drug-likeness (QED) is 0.126. The van der Waals surface area contributed by atoms with Crippen LogP contribution in [0.4, 0.5) is 0 Å². The molecule has 0 amide bonds. The van der Waals surface area contributed by atoms with Gasteiger partial charge in [0.1, 0.15) is 0 Å². The van der Waals surface area contributed by atoms with E-state index in [1.807, 2.05) is 6.92 Å². The smallest absolute Gasteiger partial charge is 0.0809 e. The second kappa shape index (κ2) is 23.7. The molecule has 6 aliphatic carbocycles. The van der Waals surface area contributed by atoms with Gasteiger partial charge in [-0.15, -0.1) is 0 Å². The maximum absolute atomic E-state index is 10.1. The summed E-state index contributed by atoms with van der Waals surface area (Å²) in [6.45, 7) is 24.2. The highest BCUT2D eigenvalue weighted by Gasteiger charge is 2.51. The minimum absolute atomic E-state index is 0. The van der Waals surface area contributed by atoms with Gasteiger partial charge in [-0.25, -0.2) is 0 Å². The molecule has 0 saturated heterocycles. The van der Waals surface area contributed by atoms with Crippen LogP contribution in [0.25, 0.3) is 0 Å². The largest absolute Gasteiger partial charge is 0.393 e. The molecule has 6 rings (SSSR count). The van der Waals surface area contributed by atoms with Crippen molar-refractivity contribution in [2.75, 3.05) is 0 Å². The summed E-state index contributed by atoms with van der Waals surface area (Å²) in [7, 11) is 0. The molecular weight excluding hydrogens is 781 g/mol. The van der Waals surface area contributed by atoms with Gasteiger partial charge < -0.3 is 25.5 Å². The third kappa shape index (κ3) is 13.0. The molecule has 6 fully saturated rings. The van der Waals surface area contributed by atoms with Gasteiger partial charge in [0.25, 0.3) is 0 Å². The van der Waals surface area contributed by atoms with Gasteiger partial charge in [-0.2, -0.15) is 27.0 Å². The van der Waals surface area contributed by atoms with Gasteiger partial charge in [0, 0.05) is 0 Å². The van der Waals surface area contributed by atoms with Crippen LogP contribution in [-0.2, 0) is 0 Å². The van der Waals surface area contributed by atoms with Crippen molar-refractivity contribution in [3.05, 3.63) is 70.9 Å². The van der Waals surface area contributed by atoms with Crippen LogP contribution in [0.15, 0.2) is 70.9 Å². The van der Waals surface area contributed by atoms with E-state index in [0.29, 0.717) is 53.6 Å². The topological polar surface area (TPSA) is 101 Å². The molecule has 0 aromatic rings. The Morgan fingerprint density at radius 1 is 0.567 bits per heavy atom. The summed E-state index contributed by atoms with van der Waals surface area (Å²) in [5.74, 6) is 5.40. The van der Waals surface area contributed by atoms with Gasteiger partial charge in [-0.1, -0.05) is 133 Å². The van der Waals surface area contributed by atoms with Crippen molar-refractivity contribution in [2.24, 2.45) is 52.3 Å². The van der Waals surface area contributed by atoms with Crippen molar-refractivity contribution in [3.8, 4) is 0 Å². The van der Waals surface area contributed by atoms with Crippen molar-refractivity contribution >= 4 is 27.0 Å². The number of hydrogen-bond donors (Lipinski definition) is 5. The Morgan fingerprint density at radius 2 is 0.933 bits per heavy atom. The van der Waals surface area contributed by atoms with Crippen LogP contribution < -0.4 is 0 Å². The number of allylic oxidation sites excluding steroid dienone is 6. The Labute approximate surface area is 381 Å². The van der Waals surface area contributed by atoms with Crippen LogP contribution in [0, 0.1) is 52.3 Å². The van der Waals surface area contributed by atoms with E-state index in [4.69, 9.17) is 0 Å². The van der Waals surface area contributed by atoms with Crippen LogP contribution in [-0.4, -0.2) is 56.1 Å². The molecule has 60 heavy (non-hydrogen) atoms. The lowest BCUT2D eigenvalue weighted by Gasteiger charge is -2.44. The van der Waals surface area contributed by atoms with E-state index in [0.717, 1.165) is 59.5 Å². The summed E-state index contributed by atoms with van der Waals surface area (Å²) in [5, 5.41) is 50.0. The molecule has 0 aliphatic heterocycles. The van der Waals surface area contributed by atoms with Gasteiger partial charge in [-0.3, -0.25) is 0 Å². The molecule has 0 aromatic heterocycles. The molecule has 13 atom stereocenters. The molecule has 0 bridgehead atoms. The Bertz CT molecular complexity index is 1380. The third-order valence-corrected chi connectivity index (χ3v) is 16.8. The predicted molar refractivity (Wildman–Crippen MR) is 263 cm³/mol. The van der Waals surface area contributed by atoms with Crippen LogP contribution in [0.5, 0.6) is 0 Å². The van der Waals surface area contributed by atoms with Gasteiger partial charge >= 0.3 is 0 Å². The van der Waals surface area contributed by atoms with E-state index in [1.54, 1.807) is 11.1 Å². The number of rotatable bonds is 12. The van der Waals surface area contributed by atoms with E-state index in [9.17, 15) is 25.5 Å². The number of fused-ring (bicyclic) bond motifs is 2. The lowest BCUT2D eigenvalue weighted by molar-refractivity contribution is 0.0907. The molecule has 5 N–H and O–H groups in total. The molecule has 6 aliphatic rings. The Morgan fingerprint density at radius 3 is 1.28 bits per heavy atom. The average molecular weight is 871 g/mol. The first kappa shape index (κ1) is 53.3. The number of aliphatic hydroxyl groups excluding tert-OH is 5. The molecule has 0 spiro atoms. The van der Waals surface area contributed by atoms with E-state index in [-0.39, 0.29) is 33.1 Å². The Hall–Kier alpha value is -1.06. The van der Waals surface area contributed by atoms with Crippen molar-refractivity contribution < 1.29 is 25.5 Å². The lowest BCUT2D eigenvalue weighted by atomic mass is 9.60. The summed E-state index contributed by atoms with van der Waals surface area (Å²) in [6.07, 6.45) is 29.3. The van der Waals surface area contributed by atoms with Crippen LogP contribution in [0.3, 0.4) is 0 Å². The fourth-order valence-corrected chi connectivity index (χ4v) is 13.3. The second-order valence-electron chi connectivity index (χ2n) is 21.4. The first-order valence-corrected chi connectivity index (χ1v) is 24.0. The molecular formula is C53H90O5S2. The highest BCUT2D eigenvalue weighted by molar-refractivity contribution is 7.59. The zero-order chi connectivity index (χ0) is 42.4. The molecule has 0 aromatic carbocycles. The molecule has 344 valence electrons. The van der Waals surface area contributed by atoms with Gasteiger partial charge in [-0.05, 0) is 167 Å². The van der Waals surface area contributed by atoms with E-state index < -0.39 is 24.4 Å². The summed E-state index contributed by atoms with van der Waals surface area (Å²) in [4.78, 5) is 0. The standard InChI is InChI=1S/C27H44O2.C26H42O3.2H2S/c1-18(2)8-6-9-19(3)23-13-14-24-22(10-7-15-27(23,24)5)12-11-21-16-25(28)20(4)26(29)17-21;1-17(7-5-8-18(2)27)22-12-13-23-21(9-6-14-26(22,23)4)11-10-20-15-24(28)19(3)25(29)16-20;;/h11-12,18-19,23-26,28-29H,4,6-10,13-17H2,1-3,5H3;10-11,17-18,22-25,27-29H,3,5-9,12-16H2,1-2,4H3;2*1H2/b22-12+;21-11+;;/t19-,23+,24-,25+,26+,27+;17-,18?,22-,23+,24-,25-,26-;;/m01../s1. The maximum atomic E-state index is 10.1. The minimum atomic E-state index is -0.613. The summed E-state index contributed by atoms with van der Waals surface area (Å²) >= 11 is 0. The summed E-state index contributed by atoms with van der Waals surface area (Å²) in [6, 6.07) is 0. The third-order valence-electron chi connectivity index (χ3n) is 16.8. The maximum Gasteiger partial charge on any atom is 0.0809 e. The van der Waals surface area contributed by atoms with Crippen LogP contribution >= 0.6 is 27.0 Å². The number of aliphatic hydroxyl groups is 5. The van der Waals surface area contributed by atoms with Crippen molar-refractivity contribution in [2.45, 2.75) is 207 Å². The second-order valence-corrected chi connectivity index (χ2v) is 21.4. The van der Waals surface area contributed by atoms with E-state index in [1.165, 1.54) is 89.9 Å². The molecule has 0 heterocycles. The van der Waals surface area contributed by atoms with Crippen LogP contribution in [0.2, 0.25) is 0 Å². The normalized spacial score (nSPS) is 37.0. The highest BCUT2D eigenvalue weighted by Crippen LogP contribution is 2.61. The molecule has 7 heteroatoms.